The molecule has 18 heavy (non-hydrogen) atoms. The zero-order valence-electron chi connectivity index (χ0n) is 9.55. The summed E-state index contributed by atoms with van der Waals surface area (Å²) in [7, 11) is 0. The molecule has 0 aliphatic carbocycles. The van der Waals surface area contributed by atoms with Crippen molar-refractivity contribution in [3.05, 3.63) is 69.2 Å². The van der Waals surface area contributed by atoms with E-state index in [1.165, 1.54) is 6.07 Å². The Morgan fingerprint density at radius 2 is 1.67 bits per heavy atom. The zero-order chi connectivity index (χ0) is 13.3. The quantitative estimate of drug-likeness (QED) is 0.606. The first-order valence-corrected chi connectivity index (χ1v) is 7.05. The van der Waals surface area contributed by atoms with Crippen molar-refractivity contribution >= 4 is 31.9 Å². The van der Waals surface area contributed by atoms with E-state index in [0.29, 0.717) is 11.1 Å². The second kappa shape index (κ2) is 5.49. The van der Waals surface area contributed by atoms with Crippen LogP contribution in [0.2, 0.25) is 0 Å². The van der Waals surface area contributed by atoms with Gasteiger partial charge in [-0.15, -0.1) is 0 Å². The average Bonchev–Trinajstić information content (AvgIpc) is 2.33. The van der Waals surface area contributed by atoms with Crippen LogP contribution in [0.5, 0.6) is 0 Å². The van der Waals surface area contributed by atoms with E-state index in [4.69, 9.17) is 0 Å². The standard InChI is InChI=1S/C14H10Br2F2/c1-8-6-10(13(18)7-12(8)17)14(16)9-4-2-3-5-11(9)15/h2-7,14H,1H3. The summed E-state index contributed by atoms with van der Waals surface area (Å²) < 4.78 is 27.9. The van der Waals surface area contributed by atoms with E-state index in [0.717, 1.165) is 16.1 Å². The summed E-state index contributed by atoms with van der Waals surface area (Å²) in [6.07, 6.45) is 0. The van der Waals surface area contributed by atoms with Crippen LogP contribution in [-0.4, -0.2) is 0 Å². The lowest BCUT2D eigenvalue weighted by Crippen LogP contribution is -2.00. The van der Waals surface area contributed by atoms with Gasteiger partial charge in [-0.3, -0.25) is 0 Å². The van der Waals surface area contributed by atoms with Gasteiger partial charge in [-0.25, -0.2) is 8.78 Å². The molecule has 0 N–H and O–H groups in total. The molecule has 0 nitrogen and oxygen atoms in total. The van der Waals surface area contributed by atoms with Gasteiger partial charge >= 0.3 is 0 Å². The Bertz CT molecular complexity index is 582. The molecule has 2 aromatic carbocycles. The van der Waals surface area contributed by atoms with Gasteiger partial charge in [0.05, 0.1) is 4.83 Å². The van der Waals surface area contributed by atoms with Gasteiger partial charge in [0.15, 0.2) is 0 Å². The molecular formula is C14H10Br2F2. The normalized spacial score (nSPS) is 12.5. The lowest BCUT2D eigenvalue weighted by molar-refractivity contribution is 0.569. The van der Waals surface area contributed by atoms with E-state index in [1.54, 1.807) is 6.92 Å². The summed E-state index contributed by atoms with van der Waals surface area (Å²) >= 11 is 6.89. The van der Waals surface area contributed by atoms with E-state index >= 15 is 0 Å². The van der Waals surface area contributed by atoms with Crippen LogP contribution >= 0.6 is 31.9 Å². The van der Waals surface area contributed by atoms with Gasteiger partial charge in [0, 0.05) is 16.1 Å². The van der Waals surface area contributed by atoms with Crippen molar-refractivity contribution in [2.24, 2.45) is 0 Å². The van der Waals surface area contributed by atoms with E-state index in [9.17, 15) is 8.78 Å². The fraction of sp³-hybridized carbons (Fsp3) is 0.143. The highest BCUT2D eigenvalue weighted by molar-refractivity contribution is 9.11. The molecule has 1 unspecified atom stereocenters. The third-order valence-electron chi connectivity index (χ3n) is 2.73. The minimum atomic E-state index is -0.546. The number of alkyl halides is 1. The Labute approximate surface area is 121 Å². The van der Waals surface area contributed by atoms with Crippen molar-refractivity contribution in [2.75, 3.05) is 0 Å². The second-order valence-electron chi connectivity index (χ2n) is 4.01. The summed E-state index contributed by atoms with van der Waals surface area (Å²) in [6, 6.07) is 10.0. The molecule has 0 saturated heterocycles. The van der Waals surface area contributed by atoms with Crippen LogP contribution in [0.3, 0.4) is 0 Å². The van der Waals surface area contributed by atoms with Crippen LogP contribution in [0, 0.1) is 18.6 Å². The summed E-state index contributed by atoms with van der Waals surface area (Å²) in [6.45, 7) is 1.62. The van der Waals surface area contributed by atoms with E-state index < -0.39 is 11.6 Å². The molecule has 1 atom stereocenters. The molecule has 0 fully saturated rings. The van der Waals surface area contributed by atoms with Crippen molar-refractivity contribution in [2.45, 2.75) is 11.8 Å². The maximum atomic E-state index is 13.8. The summed E-state index contributed by atoms with van der Waals surface area (Å²) in [5.41, 5.74) is 1.77. The van der Waals surface area contributed by atoms with E-state index in [1.807, 2.05) is 24.3 Å². The predicted octanol–water partition coefficient (Wildman–Crippen LogP) is 5.52. The van der Waals surface area contributed by atoms with Gasteiger partial charge < -0.3 is 0 Å². The van der Waals surface area contributed by atoms with Crippen molar-refractivity contribution in [3.8, 4) is 0 Å². The minimum Gasteiger partial charge on any atom is -0.207 e. The van der Waals surface area contributed by atoms with Crippen molar-refractivity contribution in [1.82, 2.24) is 0 Å². The summed E-state index contributed by atoms with van der Waals surface area (Å²) in [5, 5.41) is 0. The monoisotopic (exact) mass is 374 g/mol. The Balaban J connectivity index is 2.50. The van der Waals surface area contributed by atoms with Gasteiger partial charge in [0.25, 0.3) is 0 Å². The summed E-state index contributed by atoms with van der Waals surface area (Å²) in [5.74, 6) is -1.07. The molecule has 2 aromatic rings. The molecule has 0 bridgehead atoms. The highest BCUT2D eigenvalue weighted by atomic mass is 79.9. The molecule has 0 saturated carbocycles. The van der Waals surface area contributed by atoms with Crippen molar-refractivity contribution in [3.63, 3.8) is 0 Å². The molecule has 0 aromatic heterocycles. The number of rotatable bonds is 2. The average molecular weight is 376 g/mol. The van der Waals surface area contributed by atoms with E-state index in [-0.39, 0.29) is 4.83 Å². The maximum absolute atomic E-state index is 13.8. The van der Waals surface area contributed by atoms with Gasteiger partial charge in [0.2, 0.25) is 0 Å². The van der Waals surface area contributed by atoms with Gasteiger partial charge in [0.1, 0.15) is 11.6 Å². The molecule has 0 radical (unpaired) electrons. The Hall–Kier alpha value is -0.740. The smallest absolute Gasteiger partial charge is 0.130 e. The van der Waals surface area contributed by atoms with Crippen LogP contribution in [0.25, 0.3) is 0 Å². The van der Waals surface area contributed by atoms with Crippen molar-refractivity contribution in [1.29, 1.82) is 0 Å². The fourth-order valence-corrected chi connectivity index (χ4v) is 3.29. The maximum Gasteiger partial charge on any atom is 0.130 e. The van der Waals surface area contributed by atoms with Gasteiger partial charge in [-0.1, -0.05) is 50.1 Å². The number of aryl methyl sites for hydroxylation is 1. The molecule has 0 amide bonds. The minimum absolute atomic E-state index is 0.313. The Kier molecular flexibility index (Phi) is 4.17. The molecule has 2 rings (SSSR count). The molecular weight excluding hydrogens is 366 g/mol. The topological polar surface area (TPSA) is 0 Å². The van der Waals surface area contributed by atoms with Crippen molar-refractivity contribution < 1.29 is 8.78 Å². The molecule has 4 heteroatoms. The largest absolute Gasteiger partial charge is 0.207 e. The van der Waals surface area contributed by atoms with Crippen LogP contribution < -0.4 is 0 Å². The second-order valence-corrected chi connectivity index (χ2v) is 5.78. The highest BCUT2D eigenvalue weighted by Gasteiger charge is 2.18. The van der Waals surface area contributed by atoms with E-state index in [2.05, 4.69) is 31.9 Å². The number of benzene rings is 2. The first-order chi connectivity index (χ1) is 8.50. The SMILES string of the molecule is Cc1cc(C(Br)c2ccccc2Br)c(F)cc1F. The van der Waals surface area contributed by atoms with Crippen LogP contribution in [-0.2, 0) is 0 Å². The summed E-state index contributed by atoms with van der Waals surface area (Å²) in [4.78, 5) is -0.313. The lowest BCUT2D eigenvalue weighted by atomic mass is 10.0. The third-order valence-corrected chi connectivity index (χ3v) is 4.44. The fourth-order valence-electron chi connectivity index (χ4n) is 1.72. The molecule has 94 valence electrons. The zero-order valence-corrected chi connectivity index (χ0v) is 12.7. The van der Waals surface area contributed by atoms with Crippen LogP contribution in [0.15, 0.2) is 40.9 Å². The Morgan fingerprint density at radius 3 is 2.33 bits per heavy atom. The number of hydrogen-bond donors (Lipinski definition) is 0. The number of hydrogen-bond acceptors (Lipinski definition) is 0. The predicted molar refractivity (Wildman–Crippen MR) is 76.0 cm³/mol. The highest BCUT2D eigenvalue weighted by Crippen LogP contribution is 2.37. The van der Waals surface area contributed by atoms with Crippen LogP contribution in [0.4, 0.5) is 8.78 Å². The first kappa shape index (κ1) is 13.7. The van der Waals surface area contributed by atoms with Gasteiger partial charge in [-0.05, 0) is 30.2 Å². The third kappa shape index (κ3) is 2.64. The van der Waals surface area contributed by atoms with Crippen LogP contribution in [0.1, 0.15) is 21.5 Å². The lowest BCUT2D eigenvalue weighted by Gasteiger charge is -2.14. The van der Waals surface area contributed by atoms with Gasteiger partial charge in [-0.2, -0.15) is 0 Å². The number of halogens is 4. The Morgan fingerprint density at radius 1 is 1.00 bits per heavy atom. The molecule has 0 aliphatic heterocycles. The molecule has 0 aliphatic rings. The molecule has 0 heterocycles. The first-order valence-electron chi connectivity index (χ1n) is 5.34. The molecule has 0 spiro atoms.